The summed E-state index contributed by atoms with van der Waals surface area (Å²) < 4.78 is 36.3. The smallest absolute Gasteiger partial charge is 0.328 e. The van der Waals surface area contributed by atoms with Gasteiger partial charge in [-0.1, -0.05) is 40.5 Å². The Morgan fingerprint density at radius 1 is 1.21 bits per heavy atom. The molecule has 4 rings (SSSR count). The van der Waals surface area contributed by atoms with Crippen LogP contribution in [0.5, 0.6) is 0 Å². The number of aliphatic carboxylic acids is 1. The lowest BCUT2D eigenvalue weighted by molar-refractivity contribution is -0.131. The zero-order valence-electron chi connectivity index (χ0n) is 17.8. The summed E-state index contributed by atoms with van der Waals surface area (Å²) in [5, 5.41) is 13.2. The molecule has 2 heterocycles. The van der Waals surface area contributed by atoms with Crippen molar-refractivity contribution in [3.8, 4) is 11.3 Å². The van der Waals surface area contributed by atoms with Crippen LogP contribution in [0.15, 0.2) is 53.2 Å². The van der Waals surface area contributed by atoms with Gasteiger partial charge in [0.2, 0.25) is 0 Å². The number of nitrogens with zero attached hydrogens (tertiary/aromatic N) is 2. The van der Waals surface area contributed by atoms with E-state index < -0.39 is 29.1 Å². The average Bonchev–Trinajstić information content (AvgIpc) is 3.36. The second-order valence-corrected chi connectivity index (χ2v) is 8.74. The third-order valence-corrected chi connectivity index (χ3v) is 5.60. The van der Waals surface area contributed by atoms with E-state index in [0.717, 1.165) is 12.1 Å². The predicted octanol–water partition coefficient (Wildman–Crippen LogP) is 6.73. The van der Waals surface area contributed by atoms with Gasteiger partial charge < -0.3 is 9.63 Å². The summed E-state index contributed by atoms with van der Waals surface area (Å²) in [5.41, 5.74) is -2.00. The van der Waals surface area contributed by atoms with Crippen molar-refractivity contribution in [3.05, 3.63) is 81.4 Å². The molecule has 4 aromatic rings. The SMILES string of the molecule is CC(C)(F)c1onc(-c2c(F)cc(Cl)cc2Cl)c1C(=O)n1ccc2c(/C=C/C(=O)O)cccc21. The van der Waals surface area contributed by atoms with Gasteiger partial charge >= 0.3 is 5.97 Å². The van der Waals surface area contributed by atoms with Gasteiger partial charge in [-0.05, 0) is 49.8 Å². The number of carboxylic acid groups (broad SMARTS) is 1. The van der Waals surface area contributed by atoms with E-state index in [-0.39, 0.29) is 26.9 Å². The second-order valence-electron chi connectivity index (χ2n) is 7.89. The van der Waals surface area contributed by atoms with Crippen LogP contribution in [-0.4, -0.2) is 26.7 Å². The molecule has 0 saturated carbocycles. The maximum Gasteiger partial charge on any atom is 0.328 e. The molecule has 10 heteroatoms. The summed E-state index contributed by atoms with van der Waals surface area (Å²) in [5.74, 6) is -3.13. The zero-order chi connectivity index (χ0) is 24.8. The second kappa shape index (κ2) is 8.70. The molecule has 0 unspecified atom stereocenters. The molecule has 6 nitrogen and oxygen atoms in total. The van der Waals surface area contributed by atoms with Gasteiger partial charge in [-0.25, -0.2) is 13.6 Å². The van der Waals surface area contributed by atoms with Crippen molar-refractivity contribution in [2.24, 2.45) is 0 Å². The van der Waals surface area contributed by atoms with Crippen LogP contribution in [0.2, 0.25) is 10.0 Å². The molecular weight excluding hydrogens is 489 g/mol. The highest BCUT2D eigenvalue weighted by Gasteiger charge is 2.36. The Labute approximate surface area is 202 Å². The number of carbonyl (C=O) groups is 2. The molecule has 0 aliphatic heterocycles. The van der Waals surface area contributed by atoms with E-state index in [2.05, 4.69) is 5.16 Å². The molecule has 0 amide bonds. The summed E-state index contributed by atoms with van der Waals surface area (Å²) in [4.78, 5) is 24.6. The van der Waals surface area contributed by atoms with Crippen molar-refractivity contribution in [3.63, 3.8) is 0 Å². The van der Waals surface area contributed by atoms with Crippen LogP contribution >= 0.6 is 23.2 Å². The first-order chi connectivity index (χ1) is 16.0. The topological polar surface area (TPSA) is 85.3 Å². The van der Waals surface area contributed by atoms with Crippen LogP contribution < -0.4 is 0 Å². The molecule has 1 N–H and O–H groups in total. The summed E-state index contributed by atoms with van der Waals surface area (Å²) in [6.07, 6.45) is 3.81. The molecule has 0 saturated heterocycles. The Hall–Kier alpha value is -3.49. The molecular formula is C24H16Cl2F2N2O4. The number of hydrogen-bond acceptors (Lipinski definition) is 4. The summed E-state index contributed by atoms with van der Waals surface area (Å²) in [6, 6.07) is 8.83. The van der Waals surface area contributed by atoms with Gasteiger partial charge in [0.1, 0.15) is 17.1 Å². The number of halogens is 4. The first-order valence-electron chi connectivity index (χ1n) is 9.88. The predicted molar refractivity (Wildman–Crippen MR) is 124 cm³/mol. The number of carboxylic acids is 1. The fourth-order valence-corrected chi connectivity index (χ4v) is 4.19. The van der Waals surface area contributed by atoms with Crippen LogP contribution in [0.3, 0.4) is 0 Å². The Morgan fingerprint density at radius 3 is 2.59 bits per heavy atom. The molecule has 0 bridgehead atoms. The van der Waals surface area contributed by atoms with Crippen molar-refractivity contribution in [2.45, 2.75) is 19.5 Å². The molecule has 0 radical (unpaired) electrons. The van der Waals surface area contributed by atoms with Crippen molar-refractivity contribution >= 4 is 52.1 Å². The lowest BCUT2D eigenvalue weighted by Gasteiger charge is -2.13. The van der Waals surface area contributed by atoms with Gasteiger partial charge in [-0.2, -0.15) is 0 Å². The standard InChI is InChI=1S/C24H16Cl2F2N2O4/c1-24(2,28)22-20(21(29-34-22)19-15(26)10-13(25)11-16(19)27)23(33)30-9-8-14-12(6-7-18(31)32)4-3-5-17(14)30/h3-11H,1-2H3,(H,31,32)/b7-6+. The number of fused-ring (bicyclic) bond motifs is 1. The van der Waals surface area contributed by atoms with Gasteiger partial charge in [0.15, 0.2) is 11.4 Å². The quantitative estimate of drug-likeness (QED) is 0.304. The van der Waals surface area contributed by atoms with Crippen LogP contribution in [-0.2, 0) is 10.5 Å². The maximum absolute atomic E-state index is 15.0. The monoisotopic (exact) mass is 504 g/mol. The minimum atomic E-state index is -2.13. The van der Waals surface area contributed by atoms with E-state index in [1.165, 1.54) is 36.8 Å². The van der Waals surface area contributed by atoms with E-state index in [0.29, 0.717) is 16.5 Å². The molecule has 0 atom stereocenters. The van der Waals surface area contributed by atoms with Gasteiger partial charge in [-0.3, -0.25) is 9.36 Å². The van der Waals surface area contributed by atoms with Gasteiger partial charge in [0, 0.05) is 22.7 Å². The third-order valence-electron chi connectivity index (χ3n) is 5.08. The Balaban J connectivity index is 1.95. The van der Waals surface area contributed by atoms with Crippen LogP contribution in [0.1, 0.15) is 35.5 Å². The number of rotatable bonds is 5. The van der Waals surface area contributed by atoms with Crippen molar-refractivity contribution in [1.29, 1.82) is 0 Å². The highest BCUT2D eigenvalue weighted by atomic mass is 35.5. The lowest BCUT2D eigenvalue weighted by atomic mass is 9.98. The fraction of sp³-hybridized carbons (Fsp3) is 0.125. The first-order valence-corrected chi connectivity index (χ1v) is 10.6. The molecule has 0 aliphatic rings. The highest BCUT2D eigenvalue weighted by molar-refractivity contribution is 6.36. The van der Waals surface area contributed by atoms with Crippen molar-refractivity contribution in [2.75, 3.05) is 0 Å². The molecule has 174 valence electrons. The van der Waals surface area contributed by atoms with E-state index in [9.17, 15) is 14.0 Å². The molecule has 0 spiro atoms. The average molecular weight is 505 g/mol. The first kappa shape index (κ1) is 23.7. The van der Waals surface area contributed by atoms with Gasteiger partial charge in [0.05, 0.1) is 16.1 Å². The van der Waals surface area contributed by atoms with Crippen LogP contribution in [0, 0.1) is 5.82 Å². The summed E-state index contributed by atoms with van der Waals surface area (Å²) in [6.45, 7) is 2.35. The number of benzene rings is 2. The number of hydrogen-bond donors (Lipinski definition) is 1. The Morgan fingerprint density at radius 2 is 1.94 bits per heavy atom. The van der Waals surface area contributed by atoms with Crippen molar-refractivity contribution in [1.82, 2.24) is 9.72 Å². The maximum atomic E-state index is 15.0. The van der Waals surface area contributed by atoms with Crippen molar-refractivity contribution < 1.29 is 28.0 Å². The minimum Gasteiger partial charge on any atom is -0.478 e. The third kappa shape index (κ3) is 4.22. The number of aromatic nitrogens is 2. The van der Waals surface area contributed by atoms with E-state index in [4.69, 9.17) is 32.8 Å². The van der Waals surface area contributed by atoms with E-state index >= 15 is 4.39 Å². The normalized spacial score (nSPS) is 12.1. The van der Waals surface area contributed by atoms with Crippen LogP contribution in [0.25, 0.3) is 28.2 Å². The van der Waals surface area contributed by atoms with Gasteiger partial charge in [0.25, 0.3) is 5.91 Å². The van der Waals surface area contributed by atoms with E-state index in [1.54, 1.807) is 24.3 Å². The zero-order valence-corrected chi connectivity index (χ0v) is 19.3. The van der Waals surface area contributed by atoms with Gasteiger partial charge in [-0.15, -0.1) is 0 Å². The largest absolute Gasteiger partial charge is 0.478 e. The number of alkyl halides is 1. The lowest BCUT2D eigenvalue weighted by Crippen LogP contribution is -2.18. The summed E-state index contributed by atoms with van der Waals surface area (Å²) >= 11 is 12.1. The van der Waals surface area contributed by atoms with E-state index in [1.807, 2.05) is 0 Å². The number of carbonyl (C=O) groups excluding carboxylic acids is 1. The molecule has 0 aliphatic carbocycles. The fourth-order valence-electron chi connectivity index (χ4n) is 3.63. The molecule has 2 aromatic heterocycles. The Kier molecular flexibility index (Phi) is 6.05. The molecule has 2 aromatic carbocycles. The van der Waals surface area contributed by atoms with Crippen LogP contribution in [0.4, 0.5) is 8.78 Å². The molecule has 34 heavy (non-hydrogen) atoms. The molecule has 0 fully saturated rings. The highest BCUT2D eigenvalue weighted by Crippen LogP contribution is 2.40. The minimum absolute atomic E-state index is 0.0343. The Bertz CT molecular complexity index is 1460. The summed E-state index contributed by atoms with van der Waals surface area (Å²) in [7, 11) is 0.